The van der Waals surface area contributed by atoms with Crippen molar-refractivity contribution in [2.24, 2.45) is 5.73 Å². The minimum Gasteiger partial charge on any atom is -0.491 e. The number of ether oxygens (including phenoxy) is 2. The summed E-state index contributed by atoms with van der Waals surface area (Å²) in [5.41, 5.74) is 11.9. The van der Waals surface area contributed by atoms with Crippen LogP contribution in [-0.4, -0.2) is 38.8 Å². The summed E-state index contributed by atoms with van der Waals surface area (Å²) in [6.07, 6.45) is 0.872. The van der Waals surface area contributed by atoms with Gasteiger partial charge in [0.1, 0.15) is 12.4 Å². The topological polar surface area (TPSA) is 59.8 Å². The molecule has 0 saturated heterocycles. The summed E-state index contributed by atoms with van der Waals surface area (Å²) >= 11 is 3.57. The van der Waals surface area contributed by atoms with E-state index in [1.165, 1.54) is 21.0 Å². The van der Waals surface area contributed by atoms with Gasteiger partial charge < -0.3 is 20.1 Å². The van der Waals surface area contributed by atoms with Crippen LogP contribution in [0.25, 0.3) is 5.70 Å². The molecule has 2 atom stereocenters. The number of nitrogens with one attached hydrogen (secondary N) is 1. The van der Waals surface area contributed by atoms with Crippen molar-refractivity contribution < 1.29 is 9.47 Å². The normalized spacial score (nSPS) is 15.4. The molecule has 1 heterocycles. The Morgan fingerprint density at radius 3 is 2.61 bits per heavy atom. The number of fused-ring (bicyclic) bond motifs is 1. The molecule has 0 saturated carbocycles. The van der Waals surface area contributed by atoms with Crippen molar-refractivity contribution >= 4 is 35.1 Å². The predicted octanol–water partition coefficient (Wildman–Crippen LogP) is 6.20. The van der Waals surface area contributed by atoms with E-state index in [1.807, 2.05) is 23.9 Å². The van der Waals surface area contributed by atoms with Crippen LogP contribution in [0.5, 0.6) is 5.75 Å². The minimum atomic E-state index is 0.179. The first-order valence-corrected chi connectivity index (χ1v) is 13.8. The quantitative estimate of drug-likeness (QED) is 0.230. The van der Waals surface area contributed by atoms with Gasteiger partial charge in [-0.2, -0.15) is 0 Å². The molecular weight excluding hydrogens is 486 g/mol. The Bertz CT molecular complexity index is 1180. The lowest BCUT2D eigenvalue weighted by Gasteiger charge is -2.30. The van der Waals surface area contributed by atoms with Crippen molar-refractivity contribution in [3.63, 3.8) is 0 Å². The smallest absolute Gasteiger partial charge is 0.120 e. The van der Waals surface area contributed by atoms with Crippen molar-refractivity contribution in [3.8, 4) is 5.75 Å². The predicted molar refractivity (Wildman–Crippen MR) is 154 cm³/mol. The lowest BCUT2D eigenvalue weighted by atomic mass is 10.0. The van der Waals surface area contributed by atoms with E-state index < -0.39 is 0 Å². The zero-order chi connectivity index (χ0) is 25.5. The van der Waals surface area contributed by atoms with Crippen LogP contribution in [0.1, 0.15) is 25.0 Å². The molecule has 0 spiro atoms. The lowest BCUT2D eigenvalue weighted by Crippen LogP contribution is -2.44. The average molecular weight is 522 g/mol. The van der Waals surface area contributed by atoms with E-state index in [-0.39, 0.29) is 11.4 Å². The van der Waals surface area contributed by atoms with Crippen LogP contribution in [0.3, 0.4) is 0 Å². The number of nitrogens with zero attached hydrogens (tertiary/aromatic N) is 1. The highest BCUT2D eigenvalue weighted by molar-refractivity contribution is 8.00. The van der Waals surface area contributed by atoms with E-state index in [1.54, 1.807) is 19.1 Å². The van der Waals surface area contributed by atoms with E-state index in [4.69, 9.17) is 15.2 Å². The van der Waals surface area contributed by atoms with Gasteiger partial charge in [-0.1, -0.05) is 53.7 Å². The SMILES string of the molecule is COCCOc1ccc2c(c1)SC(C(Cc1cccc(C(N)=C(C)C)c1)NSc1ccccc1)N2C. The molecule has 0 fully saturated rings. The van der Waals surface area contributed by atoms with Crippen molar-refractivity contribution in [1.82, 2.24) is 4.72 Å². The molecule has 5 nitrogen and oxygen atoms in total. The van der Waals surface area contributed by atoms with E-state index >= 15 is 0 Å². The summed E-state index contributed by atoms with van der Waals surface area (Å²) < 4.78 is 14.8. The number of hydrogen-bond donors (Lipinski definition) is 2. The molecule has 1 aliphatic heterocycles. The second-order valence-electron chi connectivity index (χ2n) is 9.05. The summed E-state index contributed by atoms with van der Waals surface area (Å²) in [5.74, 6) is 0.875. The number of allylic oxidation sites excluding steroid dienone is 1. The Balaban J connectivity index is 1.56. The summed E-state index contributed by atoms with van der Waals surface area (Å²) in [7, 11) is 3.86. The highest BCUT2D eigenvalue weighted by Crippen LogP contribution is 2.46. The second-order valence-corrected chi connectivity index (χ2v) is 11.1. The van der Waals surface area contributed by atoms with E-state index in [0.29, 0.717) is 13.2 Å². The number of hydrogen-bond acceptors (Lipinski definition) is 7. The number of nitrogens with two attached hydrogens (primary N) is 1. The zero-order valence-corrected chi connectivity index (χ0v) is 23.0. The van der Waals surface area contributed by atoms with Crippen LogP contribution in [0.15, 0.2) is 88.2 Å². The molecule has 2 unspecified atom stereocenters. The first kappa shape index (κ1) is 26.5. The number of methoxy groups -OCH3 is 1. The maximum absolute atomic E-state index is 6.36. The fourth-order valence-corrected chi connectivity index (χ4v) is 6.41. The van der Waals surface area contributed by atoms with Crippen LogP contribution in [0.4, 0.5) is 5.69 Å². The third-order valence-electron chi connectivity index (χ3n) is 6.14. The third-order valence-corrected chi connectivity index (χ3v) is 8.54. The molecule has 3 N–H and O–H groups in total. The van der Waals surface area contributed by atoms with Crippen LogP contribution < -0.4 is 20.1 Å². The molecule has 4 rings (SSSR count). The molecule has 3 aromatic carbocycles. The second kappa shape index (κ2) is 12.6. The molecule has 1 aliphatic rings. The summed E-state index contributed by atoms with van der Waals surface area (Å²) in [4.78, 5) is 4.80. The number of rotatable bonds is 11. The highest BCUT2D eigenvalue weighted by atomic mass is 32.2. The van der Waals surface area contributed by atoms with Crippen LogP contribution in [0.2, 0.25) is 0 Å². The van der Waals surface area contributed by atoms with Gasteiger partial charge in [0, 0.05) is 29.6 Å². The largest absolute Gasteiger partial charge is 0.491 e. The Hall–Kier alpha value is -2.58. The Kier molecular flexibility index (Phi) is 9.26. The standard InChI is InChI=1S/C29H35N3O2S2/c1-20(2)28(30)22-10-8-9-21(17-22)18-25(31-36-24-11-6-5-7-12-24)29-32(3)26-14-13-23(19-27(26)35-29)34-16-15-33-4/h5-14,17,19,25,29,31H,15-16,18,30H2,1-4H3. The Morgan fingerprint density at radius 1 is 1.06 bits per heavy atom. The molecule has 0 bridgehead atoms. The van der Waals surface area contributed by atoms with Gasteiger partial charge >= 0.3 is 0 Å². The van der Waals surface area contributed by atoms with E-state index in [0.717, 1.165) is 29.0 Å². The maximum atomic E-state index is 6.36. The Labute approximate surface area is 223 Å². The first-order valence-electron chi connectivity index (χ1n) is 12.1. The molecule has 0 aliphatic carbocycles. The summed E-state index contributed by atoms with van der Waals surface area (Å²) in [6, 6.07) is 25.6. The molecule has 0 amide bonds. The van der Waals surface area contributed by atoms with Gasteiger partial charge in [0.05, 0.1) is 23.7 Å². The van der Waals surface area contributed by atoms with Crippen molar-refractivity contribution in [2.75, 3.05) is 32.3 Å². The molecule has 7 heteroatoms. The van der Waals surface area contributed by atoms with Crippen molar-refractivity contribution in [2.45, 2.75) is 41.5 Å². The first-order chi connectivity index (χ1) is 17.5. The van der Waals surface area contributed by atoms with Gasteiger partial charge in [-0.25, -0.2) is 0 Å². The van der Waals surface area contributed by atoms with Crippen molar-refractivity contribution in [3.05, 3.63) is 89.5 Å². The van der Waals surface area contributed by atoms with Gasteiger partial charge in [-0.15, -0.1) is 0 Å². The van der Waals surface area contributed by atoms with Crippen molar-refractivity contribution in [1.29, 1.82) is 0 Å². The van der Waals surface area contributed by atoms with Gasteiger partial charge in [-0.05, 0) is 79.7 Å². The van der Waals surface area contributed by atoms with E-state index in [9.17, 15) is 0 Å². The van der Waals surface area contributed by atoms with Gasteiger partial charge in [0.2, 0.25) is 0 Å². The summed E-state index contributed by atoms with van der Waals surface area (Å²) in [5, 5.41) is 0.217. The zero-order valence-electron chi connectivity index (χ0n) is 21.4. The summed E-state index contributed by atoms with van der Waals surface area (Å²) in [6.45, 7) is 5.23. The van der Waals surface area contributed by atoms with Crippen LogP contribution in [0, 0.1) is 0 Å². The van der Waals surface area contributed by atoms with Crippen LogP contribution in [-0.2, 0) is 11.2 Å². The molecule has 36 heavy (non-hydrogen) atoms. The third kappa shape index (κ3) is 6.59. The fraction of sp³-hybridized carbons (Fsp3) is 0.310. The molecule has 190 valence electrons. The van der Waals surface area contributed by atoms with Crippen LogP contribution >= 0.6 is 23.7 Å². The molecule has 0 radical (unpaired) electrons. The number of anilines is 1. The lowest BCUT2D eigenvalue weighted by molar-refractivity contribution is 0.146. The number of likely N-dealkylation sites (N-methyl/N-ethyl adjacent to an activating group) is 1. The Morgan fingerprint density at radius 2 is 1.86 bits per heavy atom. The molecular formula is C29H35N3O2S2. The monoisotopic (exact) mass is 521 g/mol. The molecule has 3 aromatic rings. The van der Waals surface area contributed by atoms with Gasteiger partial charge in [0.25, 0.3) is 0 Å². The maximum Gasteiger partial charge on any atom is 0.120 e. The van der Waals surface area contributed by atoms with Gasteiger partial charge in [-0.3, -0.25) is 4.72 Å². The average Bonchev–Trinajstić information content (AvgIpc) is 3.22. The molecule has 0 aromatic heterocycles. The van der Waals surface area contributed by atoms with E-state index in [2.05, 4.69) is 91.2 Å². The van der Waals surface area contributed by atoms with Gasteiger partial charge in [0.15, 0.2) is 0 Å². The fourth-order valence-electron chi connectivity index (χ4n) is 4.15. The number of thioether (sulfide) groups is 1. The minimum absolute atomic E-state index is 0.179. The highest BCUT2D eigenvalue weighted by Gasteiger charge is 2.34. The number of benzene rings is 3.